The van der Waals surface area contributed by atoms with Crippen molar-refractivity contribution in [3.63, 3.8) is 0 Å². The number of benzene rings is 2. The third-order valence-electron chi connectivity index (χ3n) is 4.60. The quantitative estimate of drug-likeness (QED) is 0.604. The standard InChI is InChI=1S/C20H29N/c1-4-17(5-2)11-8-10-16(3)21-20-15-9-13-18-12-6-7-14-19(18)20/h6-7,9,12-17,21H,4-5,8,10-11H2,1-3H3. The molecule has 1 N–H and O–H groups in total. The molecular formula is C20H29N. The molecule has 21 heavy (non-hydrogen) atoms. The van der Waals surface area contributed by atoms with Crippen LogP contribution in [0.2, 0.25) is 0 Å². The van der Waals surface area contributed by atoms with E-state index >= 15 is 0 Å². The molecule has 1 atom stereocenters. The van der Waals surface area contributed by atoms with Gasteiger partial charge in [-0.15, -0.1) is 0 Å². The molecule has 0 spiro atoms. The fourth-order valence-electron chi connectivity index (χ4n) is 3.10. The predicted molar refractivity (Wildman–Crippen MR) is 95.0 cm³/mol. The van der Waals surface area contributed by atoms with Crippen molar-refractivity contribution in [2.45, 2.75) is 58.9 Å². The lowest BCUT2D eigenvalue weighted by atomic mass is 9.95. The average Bonchev–Trinajstić information content (AvgIpc) is 2.52. The number of hydrogen-bond donors (Lipinski definition) is 1. The molecule has 0 saturated carbocycles. The third kappa shape index (κ3) is 4.49. The van der Waals surface area contributed by atoms with Crippen molar-refractivity contribution in [1.29, 1.82) is 0 Å². The van der Waals surface area contributed by atoms with E-state index in [0.29, 0.717) is 6.04 Å². The van der Waals surface area contributed by atoms with E-state index in [0.717, 1.165) is 5.92 Å². The Morgan fingerprint density at radius 1 is 0.905 bits per heavy atom. The van der Waals surface area contributed by atoms with Crippen LogP contribution in [-0.2, 0) is 0 Å². The maximum Gasteiger partial charge on any atom is 0.0421 e. The molecule has 0 amide bonds. The van der Waals surface area contributed by atoms with Crippen LogP contribution in [0.1, 0.15) is 52.9 Å². The minimum atomic E-state index is 0.533. The second kappa shape index (κ2) is 8.07. The summed E-state index contributed by atoms with van der Waals surface area (Å²) in [6, 6.07) is 15.6. The zero-order valence-electron chi connectivity index (χ0n) is 13.7. The van der Waals surface area contributed by atoms with Crippen LogP contribution in [0.5, 0.6) is 0 Å². The van der Waals surface area contributed by atoms with E-state index in [-0.39, 0.29) is 0 Å². The van der Waals surface area contributed by atoms with Gasteiger partial charge in [0.2, 0.25) is 0 Å². The topological polar surface area (TPSA) is 12.0 Å². The average molecular weight is 283 g/mol. The summed E-state index contributed by atoms with van der Waals surface area (Å²) < 4.78 is 0. The molecule has 0 aromatic heterocycles. The molecule has 2 aromatic carbocycles. The Hall–Kier alpha value is -1.50. The highest BCUT2D eigenvalue weighted by molar-refractivity contribution is 5.93. The number of anilines is 1. The molecule has 0 aliphatic heterocycles. The first kappa shape index (κ1) is 15.9. The summed E-state index contributed by atoms with van der Waals surface area (Å²) in [4.78, 5) is 0. The summed E-state index contributed by atoms with van der Waals surface area (Å²) in [5.74, 6) is 0.912. The van der Waals surface area contributed by atoms with Crippen LogP contribution in [0.4, 0.5) is 5.69 Å². The summed E-state index contributed by atoms with van der Waals surface area (Å²) >= 11 is 0. The van der Waals surface area contributed by atoms with Crippen molar-refractivity contribution < 1.29 is 0 Å². The molecule has 114 valence electrons. The first-order valence-electron chi connectivity index (χ1n) is 8.48. The number of fused-ring (bicyclic) bond motifs is 1. The Balaban J connectivity index is 1.91. The van der Waals surface area contributed by atoms with E-state index in [1.165, 1.54) is 48.6 Å². The maximum absolute atomic E-state index is 3.69. The Kier molecular flexibility index (Phi) is 6.10. The zero-order valence-corrected chi connectivity index (χ0v) is 13.7. The summed E-state index contributed by atoms with van der Waals surface area (Å²) in [6.07, 6.45) is 6.59. The summed E-state index contributed by atoms with van der Waals surface area (Å²) in [5.41, 5.74) is 1.27. The summed E-state index contributed by atoms with van der Waals surface area (Å²) in [6.45, 7) is 6.92. The van der Waals surface area contributed by atoms with E-state index in [1.54, 1.807) is 0 Å². The Bertz CT molecular complexity index is 537. The second-order valence-corrected chi connectivity index (χ2v) is 6.19. The van der Waals surface area contributed by atoms with Crippen LogP contribution in [-0.4, -0.2) is 6.04 Å². The van der Waals surface area contributed by atoms with Crippen molar-refractivity contribution >= 4 is 16.5 Å². The molecule has 1 nitrogen and oxygen atoms in total. The first-order valence-corrected chi connectivity index (χ1v) is 8.48. The van der Waals surface area contributed by atoms with Crippen LogP contribution in [0.15, 0.2) is 42.5 Å². The fraction of sp³-hybridized carbons (Fsp3) is 0.500. The van der Waals surface area contributed by atoms with E-state index in [9.17, 15) is 0 Å². The lowest BCUT2D eigenvalue weighted by Crippen LogP contribution is -2.15. The van der Waals surface area contributed by atoms with Gasteiger partial charge in [0.15, 0.2) is 0 Å². The van der Waals surface area contributed by atoms with Crippen LogP contribution in [0, 0.1) is 5.92 Å². The lowest BCUT2D eigenvalue weighted by Gasteiger charge is -2.18. The van der Waals surface area contributed by atoms with E-state index in [2.05, 4.69) is 68.6 Å². The molecule has 0 aliphatic rings. The van der Waals surface area contributed by atoms with Crippen molar-refractivity contribution in [3.8, 4) is 0 Å². The molecule has 2 aromatic rings. The molecule has 0 fully saturated rings. The van der Waals surface area contributed by atoms with Gasteiger partial charge in [0.25, 0.3) is 0 Å². The summed E-state index contributed by atoms with van der Waals surface area (Å²) in [5, 5.41) is 6.33. The summed E-state index contributed by atoms with van der Waals surface area (Å²) in [7, 11) is 0. The highest BCUT2D eigenvalue weighted by Crippen LogP contribution is 2.24. The van der Waals surface area contributed by atoms with Crippen LogP contribution >= 0.6 is 0 Å². The van der Waals surface area contributed by atoms with E-state index < -0.39 is 0 Å². The van der Waals surface area contributed by atoms with Crippen molar-refractivity contribution in [2.24, 2.45) is 5.92 Å². The smallest absolute Gasteiger partial charge is 0.0421 e. The maximum atomic E-state index is 3.69. The van der Waals surface area contributed by atoms with Gasteiger partial charge in [-0.05, 0) is 30.7 Å². The van der Waals surface area contributed by atoms with Gasteiger partial charge in [-0.25, -0.2) is 0 Å². The normalized spacial score (nSPS) is 12.8. The molecule has 0 aliphatic carbocycles. The van der Waals surface area contributed by atoms with Crippen LogP contribution < -0.4 is 5.32 Å². The van der Waals surface area contributed by atoms with Crippen molar-refractivity contribution in [3.05, 3.63) is 42.5 Å². The fourth-order valence-corrected chi connectivity index (χ4v) is 3.10. The largest absolute Gasteiger partial charge is 0.382 e. The minimum absolute atomic E-state index is 0.533. The van der Waals surface area contributed by atoms with Gasteiger partial charge in [-0.2, -0.15) is 0 Å². The van der Waals surface area contributed by atoms with Gasteiger partial charge in [0.05, 0.1) is 0 Å². The van der Waals surface area contributed by atoms with Gasteiger partial charge in [-0.3, -0.25) is 0 Å². The SMILES string of the molecule is CCC(CC)CCCC(C)Nc1cccc2ccccc12. The number of nitrogens with one attached hydrogen (secondary N) is 1. The van der Waals surface area contributed by atoms with Crippen molar-refractivity contribution in [1.82, 2.24) is 0 Å². The number of hydrogen-bond acceptors (Lipinski definition) is 1. The molecular weight excluding hydrogens is 254 g/mol. The van der Waals surface area contributed by atoms with Crippen LogP contribution in [0.3, 0.4) is 0 Å². The Labute approximate surface area is 129 Å². The Morgan fingerprint density at radius 3 is 2.38 bits per heavy atom. The van der Waals surface area contributed by atoms with Crippen LogP contribution in [0.25, 0.3) is 10.8 Å². The minimum Gasteiger partial charge on any atom is -0.382 e. The van der Waals surface area contributed by atoms with Gasteiger partial charge in [-0.1, -0.05) is 75.9 Å². The number of rotatable bonds is 8. The van der Waals surface area contributed by atoms with Gasteiger partial charge in [0.1, 0.15) is 0 Å². The zero-order chi connectivity index (χ0) is 15.1. The van der Waals surface area contributed by atoms with E-state index in [1.807, 2.05) is 0 Å². The van der Waals surface area contributed by atoms with Gasteiger partial charge >= 0.3 is 0 Å². The monoisotopic (exact) mass is 283 g/mol. The van der Waals surface area contributed by atoms with Crippen molar-refractivity contribution in [2.75, 3.05) is 5.32 Å². The predicted octanol–water partition coefficient (Wildman–Crippen LogP) is 6.25. The second-order valence-electron chi connectivity index (χ2n) is 6.19. The van der Waals surface area contributed by atoms with Gasteiger partial charge < -0.3 is 5.32 Å². The highest BCUT2D eigenvalue weighted by Gasteiger charge is 2.07. The Morgan fingerprint density at radius 2 is 1.62 bits per heavy atom. The third-order valence-corrected chi connectivity index (χ3v) is 4.60. The first-order chi connectivity index (χ1) is 10.2. The molecule has 2 rings (SSSR count). The molecule has 0 heterocycles. The molecule has 0 radical (unpaired) electrons. The lowest BCUT2D eigenvalue weighted by molar-refractivity contribution is 0.428. The molecule has 1 unspecified atom stereocenters. The molecule has 1 heteroatoms. The molecule has 0 bridgehead atoms. The van der Waals surface area contributed by atoms with Gasteiger partial charge in [0, 0.05) is 17.1 Å². The van der Waals surface area contributed by atoms with E-state index in [4.69, 9.17) is 0 Å². The highest BCUT2D eigenvalue weighted by atomic mass is 14.9. The molecule has 0 saturated heterocycles.